The largest absolute Gasteiger partial charge is 0.497 e. The number of carbonyl (C=O) groups is 1. The number of nitrogens with zero attached hydrogens (tertiary/aromatic N) is 1. The highest BCUT2D eigenvalue weighted by atomic mass is 35.5. The lowest BCUT2D eigenvalue weighted by molar-refractivity contribution is 0.0734. The fourth-order valence-electron chi connectivity index (χ4n) is 3.47. The average Bonchev–Trinajstić information content (AvgIpc) is 3.16. The zero-order valence-electron chi connectivity index (χ0n) is 15.4. The van der Waals surface area contributed by atoms with Gasteiger partial charge in [0.15, 0.2) is 5.75 Å². The zero-order valence-corrected chi connectivity index (χ0v) is 16.9. The Bertz CT molecular complexity index is 833. The summed E-state index contributed by atoms with van der Waals surface area (Å²) in [5.41, 5.74) is 1.39. The molecule has 1 aliphatic rings. The van der Waals surface area contributed by atoms with E-state index >= 15 is 0 Å². The molecule has 0 saturated carbocycles. The molecule has 1 fully saturated rings. The first-order valence-electron chi connectivity index (χ1n) is 8.56. The molecule has 1 saturated heterocycles. The minimum atomic E-state index is -0.123. The number of hydrogen-bond acceptors (Lipinski definition) is 4. The molecule has 7 heteroatoms. The van der Waals surface area contributed by atoms with Crippen molar-refractivity contribution in [2.45, 2.75) is 18.9 Å². The fourth-order valence-corrected chi connectivity index (χ4v) is 4.11. The van der Waals surface area contributed by atoms with E-state index in [0.717, 1.165) is 18.4 Å². The van der Waals surface area contributed by atoms with Crippen LogP contribution in [-0.4, -0.2) is 38.7 Å². The molecule has 0 N–H and O–H groups in total. The van der Waals surface area contributed by atoms with Gasteiger partial charge in [0.1, 0.15) is 11.5 Å². The second-order valence-electron chi connectivity index (χ2n) is 6.24. The molecule has 1 aliphatic heterocycles. The maximum atomic E-state index is 13.2. The summed E-state index contributed by atoms with van der Waals surface area (Å²) in [6.07, 6.45) is 1.76. The number of carbonyl (C=O) groups excluding carboxylic acids is 1. The van der Waals surface area contributed by atoms with Crippen LogP contribution in [-0.2, 0) is 0 Å². The molecule has 0 radical (unpaired) electrons. The summed E-state index contributed by atoms with van der Waals surface area (Å²) < 4.78 is 16.0. The van der Waals surface area contributed by atoms with Gasteiger partial charge >= 0.3 is 0 Å². The predicted molar refractivity (Wildman–Crippen MR) is 106 cm³/mol. The second kappa shape index (κ2) is 8.28. The number of methoxy groups -OCH3 is 3. The van der Waals surface area contributed by atoms with Crippen LogP contribution in [0.1, 0.15) is 34.8 Å². The van der Waals surface area contributed by atoms with Crippen molar-refractivity contribution in [3.63, 3.8) is 0 Å². The molecule has 0 bridgehead atoms. The van der Waals surface area contributed by atoms with E-state index in [1.807, 2.05) is 23.1 Å². The van der Waals surface area contributed by atoms with E-state index in [1.54, 1.807) is 26.4 Å². The SMILES string of the molecule is COc1ccc(C2CCCN2C(=O)c2cc(Cl)c(OC)c(Cl)c2)c(OC)c1. The van der Waals surface area contributed by atoms with E-state index in [-0.39, 0.29) is 11.9 Å². The van der Waals surface area contributed by atoms with Gasteiger partial charge in [0, 0.05) is 23.7 Å². The highest BCUT2D eigenvalue weighted by Gasteiger charge is 2.33. The van der Waals surface area contributed by atoms with Crippen molar-refractivity contribution in [2.24, 2.45) is 0 Å². The van der Waals surface area contributed by atoms with Crippen molar-refractivity contribution >= 4 is 29.1 Å². The van der Waals surface area contributed by atoms with E-state index in [1.165, 1.54) is 7.11 Å². The molecule has 27 heavy (non-hydrogen) atoms. The first-order valence-corrected chi connectivity index (χ1v) is 9.31. The van der Waals surface area contributed by atoms with Crippen LogP contribution in [0.5, 0.6) is 17.2 Å². The quantitative estimate of drug-likeness (QED) is 0.697. The van der Waals surface area contributed by atoms with Crippen LogP contribution in [0.4, 0.5) is 0 Å². The molecule has 0 aliphatic carbocycles. The Kier molecular flexibility index (Phi) is 6.02. The van der Waals surface area contributed by atoms with Gasteiger partial charge in [-0.25, -0.2) is 0 Å². The Morgan fingerprint density at radius 2 is 1.74 bits per heavy atom. The third kappa shape index (κ3) is 3.80. The van der Waals surface area contributed by atoms with Gasteiger partial charge in [0.05, 0.1) is 37.4 Å². The highest BCUT2D eigenvalue weighted by molar-refractivity contribution is 6.37. The van der Waals surface area contributed by atoms with E-state index in [4.69, 9.17) is 37.4 Å². The molecular weight excluding hydrogens is 389 g/mol. The normalized spacial score (nSPS) is 16.3. The summed E-state index contributed by atoms with van der Waals surface area (Å²) >= 11 is 12.4. The third-order valence-corrected chi connectivity index (χ3v) is 5.32. The first-order chi connectivity index (χ1) is 13.0. The van der Waals surface area contributed by atoms with Crippen LogP contribution in [0.3, 0.4) is 0 Å². The minimum absolute atomic E-state index is 0.0852. The maximum absolute atomic E-state index is 13.2. The fraction of sp³-hybridized carbons (Fsp3) is 0.350. The van der Waals surface area contributed by atoms with Crippen molar-refractivity contribution in [3.05, 3.63) is 51.5 Å². The lowest BCUT2D eigenvalue weighted by Gasteiger charge is -2.27. The molecule has 0 spiro atoms. The number of hydrogen-bond donors (Lipinski definition) is 0. The molecular formula is C20H21Cl2NO4. The van der Waals surface area contributed by atoms with Gasteiger partial charge < -0.3 is 19.1 Å². The lowest BCUT2D eigenvalue weighted by atomic mass is 10.0. The van der Waals surface area contributed by atoms with Gasteiger partial charge in [0.25, 0.3) is 5.91 Å². The number of benzene rings is 2. The van der Waals surface area contributed by atoms with Gasteiger partial charge in [-0.3, -0.25) is 4.79 Å². The van der Waals surface area contributed by atoms with Gasteiger partial charge in [0.2, 0.25) is 0 Å². The van der Waals surface area contributed by atoms with Gasteiger partial charge in [-0.15, -0.1) is 0 Å². The van der Waals surface area contributed by atoms with E-state index < -0.39 is 0 Å². The lowest BCUT2D eigenvalue weighted by Crippen LogP contribution is -2.30. The summed E-state index contributed by atoms with van der Waals surface area (Å²) in [6, 6.07) is 8.75. The summed E-state index contributed by atoms with van der Waals surface area (Å²) in [5.74, 6) is 1.65. The minimum Gasteiger partial charge on any atom is -0.497 e. The Morgan fingerprint density at radius 1 is 1.04 bits per heavy atom. The first kappa shape index (κ1) is 19.6. The van der Waals surface area contributed by atoms with Gasteiger partial charge in [-0.1, -0.05) is 23.2 Å². The summed E-state index contributed by atoms with van der Waals surface area (Å²) in [4.78, 5) is 15.0. The molecule has 2 aromatic carbocycles. The summed E-state index contributed by atoms with van der Waals surface area (Å²) in [5, 5.41) is 0.622. The summed E-state index contributed by atoms with van der Waals surface area (Å²) in [7, 11) is 4.71. The summed E-state index contributed by atoms with van der Waals surface area (Å²) in [6.45, 7) is 0.653. The average molecular weight is 410 g/mol. The third-order valence-electron chi connectivity index (χ3n) is 4.76. The Morgan fingerprint density at radius 3 is 2.33 bits per heavy atom. The van der Waals surface area contributed by atoms with Crippen molar-refractivity contribution in [1.29, 1.82) is 0 Å². The molecule has 2 aromatic rings. The van der Waals surface area contributed by atoms with Crippen LogP contribution in [0.25, 0.3) is 0 Å². The van der Waals surface area contributed by atoms with Crippen LogP contribution >= 0.6 is 23.2 Å². The topological polar surface area (TPSA) is 48.0 Å². The van der Waals surface area contributed by atoms with Crippen LogP contribution < -0.4 is 14.2 Å². The van der Waals surface area contributed by atoms with Gasteiger partial charge in [-0.05, 0) is 37.1 Å². The second-order valence-corrected chi connectivity index (χ2v) is 7.05. The zero-order chi connectivity index (χ0) is 19.6. The molecule has 5 nitrogen and oxygen atoms in total. The van der Waals surface area contributed by atoms with E-state index in [2.05, 4.69) is 0 Å². The number of halogens is 2. The number of likely N-dealkylation sites (tertiary alicyclic amines) is 1. The molecule has 144 valence electrons. The maximum Gasteiger partial charge on any atom is 0.254 e. The number of rotatable bonds is 5. The molecule has 1 amide bonds. The Labute approximate surface area is 168 Å². The standard InChI is InChI=1S/C20H21Cl2NO4/c1-25-13-6-7-14(18(11-13)26-2)17-5-4-8-23(17)20(24)12-9-15(21)19(27-3)16(22)10-12/h6-7,9-11,17H,4-5,8H2,1-3H3. The molecule has 3 rings (SSSR count). The monoisotopic (exact) mass is 409 g/mol. The molecule has 0 aromatic heterocycles. The molecule has 1 heterocycles. The predicted octanol–water partition coefficient (Wildman–Crippen LogP) is 5.00. The number of ether oxygens (including phenoxy) is 3. The van der Waals surface area contributed by atoms with Crippen molar-refractivity contribution in [1.82, 2.24) is 4.90 Å². The Hall–Kier alpha value is -2.11. The Balaban J connectivity index is 1.94. The van der Waals surface area contributed by atoms with Crippen LogP contribution in [0.2, 0.25) is 10.0 Å². The highest BCUT2D eigenvalue weighted by Crippen LogP contribution is 2.40. The molecule has 1 unspecified atom stereocenters. The van der Waals surface area contributed by atoms with Crippen LogP contribution in [0.15, 0.2) is 30.3 Å². The van der Waals surface area contributed by atoms with Crippen molar-refractivity contribution in [2.75, 3.05) is 27.9 Å². The van der Waals surface area contributed by atoms with Crippen molar-refractivity contribution < 1.29 is 19.0 Å². The number of amides is 1. The van der Waals surface area contributed by atoms with Gasteiger partial charge in [-0.2, -0.15) is 0 Å². The van der Waals surface area contributed by atoms with E-state index in [9.17, 15) is 4.79 Å². The van der Waals surface area contributed by atoms with Crippen molar-refractivity contribution in [3.8, 4) is 17.2 Å². The smallest absolute Gasteiger partial charge is 0.254 e. The van der Waals surface area contributed by atoms with Crippen LogP contribution in [0, 0.1) is 0 Å². The van der Waals surface area contributed by atoms with E-state index in [0.29, 0.717) is 39.4 Å². The molecule has 1 atom stereocenters.